The molecular weight excluding hydrogens is 327 g/mol. The van der Waals surface area contributed by atoms with Gasteiger partial charge in [0, 0.05) is 5.56 Å². The lowest BCUT2D eigenvalue weighted by molar-refractivity contribution is 0.0953. The van der Waals surface area contributed by atoms with E-state index in [1.165, 1.54) is 12.1 Å². The van der Waals surface area contributed by atoms with Crippen LogP contribution in [0.1, 0.15) is 15.9 Å². The fourth-order valence-corrected chi connectivity index (χ4v) is 1.98. The molecule has 2 rings (SSSR count). The molecule has 2 aromatic rings. The van der Waals surface area contributed by atoms with Crippen LogP contribution in [0.5, 0.6) is 5.75 Å². The van der Waals surface area contributed by atoms with Gasteiger partial charge in [0.15, 0.2) is 0 Å². The molecule has 0 atom stereocenters. The quantitative estimate of drug-likeness (QED) is 0.511. The molecule has 0 bridgehead atoms. The minimum atomic E-state index is -0.364. The smallest absolute Gasteiger partial charge is 0.265 e. The third kappa shape index (κ3) is 3.55. The predicted octanol–water partition coefficient (Wildman–Crippen LogP) is 2.77. The zero-order chi connectivity index (χ0) is 14.5. The average molecular weight is 339 g/mol. The van der Waals surface area contributed by atoms with E-state index in [1.807, 2.05) is 6.07 Å². The number of hydrazine groups is 1. The molecule has 6 heteroatoms. The Morgan fingerprint density at radius 3 is 2.80 bits per heavy atom. The topological polar surface area (TPSA) is 64.3 Å². The Balaban J connectivity index is 2.07. The molecule has 3 N–H and O–H groups in total. The molecule has 1 amide bonds. The van der Waals surface area contributed by atoms with Gasteiger partial charge in [-0.15, -0.1) is 0 Å². The van der Waals surface area contributed by atoms with Gasteiger partial charge in [-0.25, -0.2) is 10.2 Å². The highest BCUT2D eigenvalue weighted by molar-refractivity contribution is 9.10. The number of carbonyl (C=O) groups excluding carboxylic acids is 1. The number of halogens is 2. The lowest BCUT2D eigenvalue weighted by atomic mass is 10.1. The molecule has 0 aliphatic heterocycles. The van der Waals surface area contributed by atoms with E-state index in [9.17, 15) is 9.18 Å². The molecular formula is C14H12BrFN2O2. The van der Waals surface area contributed by atoms with E-state index >= 15 is 0 Å². The van der Waals surface area contributed by atoms with Crippen LogP contribution >= 0.6 is 15.9 Å². The monoisotopic (exact) mass is 338 g/mol. The maximum Gasteiger partial charge on any atom is 0.265 e. The molecule has 0 aliphatic rings. The van der Waals surface area contributed by atoms with E-state index in [-0.39, 0.29) is 18.3 Å². The highest BCUT2D eigenvalue weighted by Gasteiger charge is 2.05. The summed E-state index contributed by atoms with van der Waals surface area (Å²) >= 11 is 3.09. The number of benzene rings is 2. The maximum absolute atomic E-state index is 13.1. The van der Waals surface area contributed by atoms with Crippen LogP contribution in [0.4, 0.5) is 4.39 Å². The van der Waals surface area contributed by atoms with Crippen molar-refractivity contribution in [2.45, 2.75) is 6.61 Å². The first-order valence-corrected chi connectivity index (χ1v) is 6.57. The largest absolute Gasteiger partial charge is 0.489 e. The number of nitrogens with one attached hydrogen (secondary N) is 1. The SMILES string of the molecule is NNC(=O)c1cccc(COc2ccc(F)c(Br)c2)c1. The zero-order valence-corrected chi connectivity index (χ0v) is 12.0. The standard InChI is InChI=1S/C14H12BrFN2O2/c15-12-7-11(4-5-13(12)16)20-8-9-2-1-3-10(6-9)14(19)18-17/h1-7H,8,17H2,(H,18,19). The van der Waals surface area contributed by atoms with Crippen molar-refractivity contribution >= 4 is 21.8 Å². The molecule has 0 radical (unpaired) electrons. The summed E-state index contributed by atoms with van der Waals surface area (Å²) in [7, 11) is 0. The van der Waals surface area contributed by atoms with Gasteiger partial charge in [-0.3, -0.25) is 10.2 Å². The predicted molar refractivity (Wildman–Crippen MR) is 76.5 cm³/mol. The summed E-state index contributed by atoms with van der Waals surface area (Å²) in [6.07, 6.45) is 0. The van der Waals surface area contributed by atoms with Gasteiger partial charge in [0.25, 0.3) is 5.91 Å². The fourth-order valence-electron chi connectivity index (χ4n) is 1.62. The second-order valence-electron chi connectivity index (χ2n) is 4.04. The molecule has 0 aromatic heterocycles. The van der Waals surface area contributed by atoms with Gasteiger partial charge in [-0.05, 0) is 51.8 Å². The molecule has 0 heterocycles. The van der Waals surface area contributed by atoms with E-state index in [1.54, 1.807) is 24.3 Å². The third-order valence-corrected chi connectivity index (χ3v) is 3.22. The molecule has 2 aromatic carbocycles. The summed E-state index contributed by atoms with van der Waals surface area (Å²) in [6, 6.07) is 11.3. The van der Waals surface area contributed by atoms with E-state index < -0.39 is 0 Å². The number of nitrogen functional groups attached to an aromatic ring is 1. The molecule has 4 nitrogen and oxygen atoms in total. The van der Waals surface area contributed by atoms with Crippen molar-refractivity contribution in [2.24, 2.45) is 5.84 Å². The number of nitrogens with two attached hydrogens (primary N) is 1. The summed E-state index contributed by atoms with van der Waals surface area (Å²) in [5, 5.41) is 0. The fraction of sp³-hybridized carbons (Fsp3) is 0.0714. The molecule has 0 unspecified atom stereocenters. The van der Waals surface area contributed by atoms with Gasteiger partial charge in [0.05, 0.1) is 4.47 Å². The van der Waals surface area contributed by atoms with Crippen molar-refractivity contribution in [1.29, 1.82) is 0 Å². The molecule has 0 spiro atoms. The minimum absolute atomic E-state index is 0.268. The Kier molecular flexibility index (Phi) is 4.70. The van der Waals surface area contributed by atoms with Gasteiger partial charge in [-0.1, -0.05) is 12.1 Å². The van der Waals surface area contributed by atoms with E-state index in [2.05, 4.69) is 21.4 Å². The summed E-state index contributed by atoms with van der Waals surface area (Å²) in [5.41, 5.74) is 3.33. The third-order valence-electron chi connectivity index (χ3n) is 2.62. The number of rotatable bonds is 4. The van der Waals surface area contributed by atoms with Crippen LogP contribution in [0.3, 0.4) is 0 Å². The number of carbonyl (C=O) groups is 1. The van der Waals surface area contributed by atoms with Crippen LogP contribution < -0.4 is 16.0 Å². The molecule has 0 fully saturated rings. The second-order valence-corrected chi connectivity index (χ2v) is 4.89. The van der Waals surface area contributed by atoms with Crippen LogP contribution in [0.25, 0.3) is 0 Å². The first-order chi connectivity index (χ1) is 9.60. The average Bonchev–Trinajstić information content (AvgIpc) is 2.48. The lowest BCUT2D eigenvalue weighted by Crippen LogP contribution is -2.30. The summed E-state index contributed by atoms with van der Waals surface area (Å²) < 4.78 is 19.0. The summed E-state index contributed by atoms with van der Waals surface area (Å²) in [5.74, 6) is 4.90. The van der Waals surface area contributed by atoms with Crippen LogP contribution in [-0.2, 0) is 6.61 Å². The first-order valence-electron chi connectivity index (χ1n) is 5.78. The van der Waals surface area contributed by atoms with Crippen molar-refractivity contribution in [3.05, 3.63) is 63.9 Å². The van der Waals surface area contributed by atoms with E-state index in [0.29, 0.717) is 15.8 Å². The highest BCUT2D eigenvalue weighted by Crippen LogP contribution is 2.22. The van der Waals surface area contributed by atoms with Gasteiger partial charge >= 0.3 is 0 Å². The van der Waals surface area contributed by atoms with E-state index in [0.717, 1.165) is 5.56 Å². The summed E-state index contributed by atoms with van der Waals surface area (Å²) in [6.45, 7) is 0.268. The Morgan fingerprint density at radius 1 is 1.30 bits per heavy atom. The Bertz CT molecular complexity index is 634. The van der Waals surface area contributed by atoms with Crippen LogP contribution in [0.2, 0.25) is 0 Å². The number of ether oxygens (including phenoxy) is 1. The number of amides is 1. The Hall–Kier alpha value is -1.92. The van der Waals surface area contributed by atoms with Crippen molar-refractivity contribution < 1.29 is 13.9 Å². The minimum Gasteiger partial charge on any atom is -0.489 e. The van der Waals surface area contributed by atoms with Gasteiger partial charge in [0.1, 0.15) is 18.2 Å². The van der Waals surface area contributed by atoms with Crippen LogP contribution in [-0.4, -0.2) is 5.91 Å². The molecule has 104 valence electrons. The maximum atomic E-state index is 13.1. The van der Waals surface area contributed by atoms with Crippen molar-refractivity contribution in [3.63, 3.8) is 0 Å². The molecule has 0 saturated heterocycles. The highest BCUT2D eigenvalue weighted by atomic mass is 79.9. The normalized spacial score (nSPS) is 10.2. The molecule has 0 aliphatic carbocycles. The lowest BCUT2D eigenvalue weighted by Gasteiger charge is -2.08. The van der Waals surface area contributed by atoms with Crippen molar-refractivity contribution in [3.8, 4) is 5.75 Å². The van der Waals surface area contributed by atoms with Crippen LogP contribution in [0.15, 0.2) is 46.9 Å². The zero-order valence-electron chi connectivity index (χ0n) is 10.4. The van der Waals surface area contributed by atoms with Gasteiger partial charge < -0.3 is 4.74 Å². The van der Waals surface area contributed by atoms with Gasteiger partial charge in [0.2, 0.25) is 0 Å². The Morgan fingerprint density at radius 2 is 2.10 bits per heavy atom. The summed E-state index contributed by atoms with van der Waals surface area (Å²) in [4.78, 5) is 11.4. The van der Waals surface area contributed by atoms with Crippen LogP contribution in [0, 0.1) is 5.82 Å². The Labute approximate surface area is 123 Å². The van der Waals surface area contributed by atoms with Crippen molar-refractivity contribution in [1.82, 2.24) is 5.43 Å². The number of hydrogen-bond acceptors (Lipinski definition) is 3. The van der Waals surface area contributed by atoms with Crippen molar-refractivity contribution in [2.75, 3.05) is 0 Å². The molecule has 20 heavy (non-hydrogen) atoms. The van der Waals surface area contributed by atoms with Gasteiger partial charge in [-0.2, -0.15) is 0 Å². The second kappa shape index (κ2) is 6.49. The molecule has 0 saturated carbocycles. The van der Waals surface area contributed by atoms with E-state index in [4.69, 9.17) is 10.6 Å². The first kappa shape index (κ1) is 14.5. The number of hydrogen-bond donors (Lipinski definition) is 2.